The minimum absolute atomic E-state index is 0.0780. The second kappa shape index (κ2) is 12.0. The van der Waals surface area contributed by atoms with Gasteiger partial charge in [-0.05, 0) is 25.7 Å². The van der Waals surface area contributed by atoms with E-state index in [-0.39, 0.29) is 19.3 Å². The van der Waals surface area contributed by atoms with Crippen LogP contribution in [0.3, 0.4) is 0 Å². The van der Waals surface area contributed by atoms with Gasteiger partial charge in [0.2, 0.25) is 0 Å². The van der Waals surface area contributed by atoms with Crippen LogP contribution in [0.15, 0.2) is 0 Å². The summed E-state index contributed by atoms with van der Waals surface area (Å²) in [6.45, 7) is 3.60. The number of amides is 2. The van der Waals surface area contributed by atoms with Crippen LogP contribution < -0.4 is 10.6 Å². The molecule has 2 amide bonds. The zero-order chi connectivity index (χ0) is 16.1. The van der Waals surface area contributed by atoms with Crippen LogP contribution in [-0.2, 0) is 14.3 Å². The molecule has 0 heterocycles. The van der Waals surface area contributed by atoms with Crippen molar-refractivity contribution in [1.29, 1.82) is 0 Å². The average Bonchev–Trinajstić information content (AvgIpc) is 2.41. The van der Waals surface area contributed by atoms with E-state index in [4.69, 9.17) is 14.9 Å². The summed E-state index contributed by atoms with van der Waals surface area (Å²) in [6.07, 6.45) is 1.72. The van der Waals surface area contributed by atoms with E-state index < -0.39 is 24.0 Å². The third kappa shape index (κ3) is 11.7. The molecule has 0 radical (unpaired) electrons. The van der Waals surface area contributed by atoms with E-state index in [9.17, 15) is 14.4 Å². The number of aliphatic carboxylic acids is 2. The highest BCUT2D eigenvalue weighted by Crippen LogP contribution is 2.01. The van der Waals surface area contributed by atoms with Gasteiger partial charge in [-0.25, -0.2) is 9.59 Å². The lowest BCUT2D eigenvalue weighted by atomic mass is 10.1. The lowest BCUT2D eigenvalue weighted by Gasteiger charge is -2.14. The van der Waals surface area contributed by atoms with Gasteiger partial charge in [0.25, 0.3) is 0 Å². The van der Waals surface area contributed by atoms with Gasteiger partial charge in [0.1, 0.15) is 6.04 Å². The highest BCUT2D eigenvalue weighted by atomic mass is 16.5. The van der Waals surface area contributed by atoms with E-state index in [1.807, 2.05) is 6.92 Å². The van der Waals surface area contributed by atoms with Crippen LogP contribution in [0.25, 0.3) is 0 Å². The molecular weight excluding hydrogens is 280 g/mol. The first-order valence-corrected chi connectivity index (χ1v) is 7.04. The van der Waals surface area contributed by atoms with Crippen LogP contribution in [0.4, 0.5) is 4.79 Å². The van der Waals surface area contributed by atoms with Gasteiger partial charge in [-0.1, -0.05) is 6.92 Å². The molecule has 0 aromatic rings. The van der Waals surface area contributed by atoms with Gasteiger partial charge in [0.15, 0.2) is 0 Å². The Morgan fingerprint density at radius 2 is 1.86 bits per heavy atom. The maximum atomic E-state index is 11.5. The number of urea groups is 1. The highest BCUT2D eigenvalue weighted by Gasteiger charge is 2.19. The van der Waals surface area contributed by atoms with E-state index in [1.165, 1.54) is 0 Å². The molecule has 0 rings (SSSR count). The van der Waals surface area contributed by atoms with Crippen LogP contribution in [0, 0.1) is 0 Å². The summed E-state index contributed by atoms with van der Waals surface area (Å²) in [6, 6.07) is -1.66. The number of nitrogens with one attached hydrogen (secondary N) is 2. The second-order valence-corrected chi connectivity index (χ2v) is 4.54. The number of ether oxygens (including phenoxy) is 1. The van der Waals surface area contributed by atoms with Crippen LogP contribution in [0.1, 0.15) is 39.0 Å². The Balaban J connectivity index is 3.84. The highest BCUT2D eigenvalue weighted by molar-refractivity contribution is 5.82. The summed E-state index contributed by atoms with van der Waals surface area (Å²) in [5, 5.41) is 22.3. The van der Waals surface area contributed by atoms with Crippen molar-refractivity contribution in [1.82, 2.24) is 10.6 Å². The summed E-state index contributed by atoms with van der Waals surface area (Å²) in [4.78, 5) is 32.8. The Morgan fingerprint density at radius 3 is 2.43 bits per heavy atom. The summed E-state index contributed by atoms with van der Waals surface area (Å²) in [7, 11) is 0. The maximum Gasteiger partial charge on any atom is 0.326 e. The molecule has 21 heavy (non-hydrogen) atoms. The lowest BCUT2D eigenvalue weighted by Crippen LogP contribution is -2.46. The molecule has 0 saturated heterocycles. The number of carbonyl (C=O) groups excluding carboxylic acids is 1. The summed E-state index contributed by atoms with van der Waals surface area (Å²) in [5.41, 5.74) is 0. The molecule has 0 bridgehead atoms. The van der Waals surface area contributed by atoms with Crippen LogP contribution in [0.2, 0.25) is 0 Å². The van der Waals surface area contributed by atoms with Crippen molar-refractivity contribution in [2.24, 2.45) is 0 Å². The molecule has 1 atom stereocenters. The molecule has 0 aliphatic carbocycles. The van der Waals surface area contributed by atoms with Crippen molar-refractivity contribution >= 4 is 18.0 Å². The Morgan fingerprint density at radius 1 is 1.14 bits per heavy atom. The molecule has 0 aliphatic rings. The molecule has 8 heteroatoms. The predicted octanol–water partition coefficient (Wildman–Crippen LogP) is 0.810. The van der Waals surface area contributed by atoms with Crippen molar-refractivity contribution in [3.05, 3.63) is 0 Å². The number of carbonyl (C=O) groups is 3. The minimum Gasteiger partial charge on any atom is -0.481 e. The Bertz CT molecular complexity index is 335. The molecule has 0 unspecified atom stereocenters. The van der Waals surface area contributed by atoms with E-state index in [1.54, 1.807) is 0 Å². The largest absolute Gasteiger partial charge is 0.481 e. The standard InChI is InChI=1S/C13H24N2O6/c1-2-8-21-9-4-7-14-13(20)15-10(12(18)19)5-3-6-11(16)17/h10H,2-9H2,1H3,(H,16,17)(H,18,19)(H2,14,15,20)/t10-/m1/s1. The maximum absolute atomic E-state index is 11.5. The van der Waals surface area contributed by atoms with Gasteiger partial charge >= 0.3 is 18.0 Å². The number of rotatable bonds is 12. The number of hydrogen-bond acceptors (Lipinski definition) is 4. The van der Waals surface area contributed by atoms with Crippen molar-refractivity contribution in [3.63, 3.8) is 0 Å². The molecule has 0 aromatic heterocycles. The first kappa shape index (κ1) is 19.2. The topological polar surface area (TPSA) is 125 Å². The zero-order valence-corrected chi connectivity index (χ0v) is 12.3. The van der Waals surface area contributed by atoms with Crippen LogP contribution >= 0.6 is 0 Å². The Kier molecular flexibility index (Phi) is 10.9. The quantitative estimate of drug-likeness (QED) is 0.395. The van der Waals surface area contributed by atoms with Gasteiger partial charge in [-0.2, -0.15) is 0 Å². The third-order valence-electron chi connectivity index (χ3n) is 2.59. The first-order valence-electron chi connectivity index (χ1n) is 7.04. The SMILES string of the molecule is CCCOCCCNC(=O)N[C@H](CCCC(=O)O)C(=O)O. The molecular formula is C13H24N2O6. The molecule has 0 fully saturated rings. The van der Waals surface area contributed by atoms with Gasteiger partial charge in [-0.15, -0.1) is 0 Å². The molecule has 0 spiro atoms. The van der Waals surface area contributed by atoms with Gasteiger partial charge in [-0.3, -0.25) is 4.79 Å². The zero-order valence-electron chi connectivity index (χ0n) is 12.3. The fourth-order valence-corrected chi connectivity index (χ4v) is 1.55. The van der Waals surface area contributed by atoms with Crippen molar-refractivity contribution in [2.75, 3.05) is 19.8 Å². The molecule has 0 aliphatic heterocycles. The lowest BCUT2D eigenvalue weighted by molar-refractivity contribution is -0.140. The van der Waals surface area contributed by atoms with Crippen molar-refractivity contribution in [2.45, 2.75) is 45.1 Å². The van der Waals surface area contributed by atoms with Gasteiger partial charge in [0, 0.05) is 26.2 Å². The summed E-state index contributed by atoms with van der Waals surface area (Å²) < 4.78 is 5.24. The van der Waals surface area contributed by atoms with Crippen molar-refractivity contribution < 1.29 is 29.3 Å². The van der Waals surface area contributed by atoms with E-state index in [0.717, 1.165) is 6.42 Å². The van der Waals surface area contributed by atoms with Gasteiger partial charge < -0.3 is 25.6 Å². The van der Waals surface area contributed by atoms with E-state index >= 15 is 0 Å². The van der Waals surface area contributed by atoms with Gasteiger partial charge in [0.05, 0.1) is 0 Å². The normalized spacial score (nSPS) is 11.7. The minimum atomic E-state index is -1.18. The fraction of sp³-hybridized carbons (Fsp3) is 0.769. The summed E-state index contributed by atoms with van der Waals surface area (Å²) in [5.74, 6) is -2.17. The number of hydrogen-bond donors (Lipinski definition) is 4. The number of carboxylic acid groups (broad SMARTS) is 2. The molecule has 0 aromatic carbocycles. The van der Waals surface area contributed by atoms with E-state index in [0.29, 0.717) is 26.2 Å². The van der Waals surface area contributed by atoms with Crippen molar-refractivity contribution in [3.8, 4) is 0 Å². The third-order valence-corrected chi connectivity index (χ3v) is 2.59. The van der Waals surface area contributed by atoms with E-state index in [2.05, 4.69) is 10.6 Å². The monoisotopic (exact) mass is 304 g/mol. The smallest absolute Gasteiger partial charge is 0.326 e. The molecule has 122 valence electrons. The average molecular weight is 304 g/mol. The second-order valence-electron chi connectivity index (χ2n) is 4.54. The molecule has 4 N–H and O–H groups in total. The fourth-order valence-electron chi connectivity index (χ4n) is 1.55. The number of carboxylic acids is 2. The Labute approximate surface area is 123 Å². The van der Waals surface area contributed by atoms with Crippen LogP contribution in [-0.4, -0.2) is 54.0 Å². The molecule has 8 nitrogen and oxygen atoms in total. The summed E-state index contributed by atoms with van der Waals surface area (Å²) >= 11 is 0. The molecule has 0 saturated carbocycles. The van der Waals surface area contributed by atoms with Crippen LogP contribution in [0.5, 0.6) is 0 Å². The predicted molar refractivity (Wildman–Crippen MR) is 75.2 cm³/mol. The Hall–Kier alpha value is -1.83. The first-order chi connectivity index (χ1) is 9.97.